The molecule has 17 heavy (non-hydrogen) atoms. The molecule has 0 aliphatic carbocycles. The maximum Gasteiger partial charge on any atom is 0.288 e. The Morgan fingerprint density at radius 2 is 2.12 bits per heavy atom. The average Bonchev–Trinajstić information content (AvgIpc) is 2.78. The fourth-order valence-corrected chi connectivity index (χ4v) is 1.43. The van der Waals surface area contributed by atoms with Crippen LogP contribution in [0.4, 0.5) is 5.82 Å². The number of ether oxygens (including phenoxy) is 1. The van der Waals surface area contributed by atoms with Gasteiger partial charge in [0.15, 0.2) is 5.82 Å². The molecule has 0 atom stereocenters. The number of H-pyrrole nitrogens is 1. The Hall–Kier alpha value is -2.01. The van der Waals surface area contributed by atoms with Crippen LogP contribution in [0, 0.1) is 0 Å². The van der Waals surface area contributed by atoms with Gasteiger partial charge in [0.05, 0.1) is 12.8 Å². The largest absolute Gasteiger partial charge is 0.468 e. The van der Waals surface area contributed by atoms with Crippen molar-refractivity contribution in [3.63, 3.8) is 0 Å². The fourth-order valence-electron chi connectivity index (χ4n) is 1.30. The number of hydrogen-bond acceptors (Lipinski definition) is 3. The van der Waals surface area contributed by atoms with E-state index >= 15 is 0 Å². The van der Waals surface area contributed by atoms with E-state index in [1.54, 1.807) is 6.07 Å². The molecule has 1 aromatic heterocycles. The molecule has 0 amide bonds. The monoisotopic (exact) mass is 250 g/mol. The van der Waals surface area contributed by atoms with E-state index in [9.17, 15) is 0 Å². The lowest BCUT2D eigenvalue weighted by Gasteiger charge is -1.96. The van der Waals surface area contributed by atoms with E-state index in [1.165, 1.54) is 7.11 Å². The number of aromatic amines is 1. The van der Waals surface area contributed by atoms with Crippen LogP contribution in [0.25, 0.3) is 11.3 Å². The van der Waals surface area contributed by atoms with Gasteiger partial charge in [0.25, 0.3) is 6.02 Å². The van der Waals surface area contributed by atoms with Gasteiger partial charge in [0.2, 0.25) is 0 Å². The predicted molar refractivity (Wildman–Crippen MR) is 67.3 cm³/mol. The molecule has 0 spiro atoms. The van der Waals surface area contributed by atoms with Gasteiger partial charge < -0.3 is 10.5 Å². The van der Waals surface area contributed by atoms with Crippen molar-refractivity contribution in [2.24, 2.45) is 10.7 Å². The quantitative estimate of drug-likeness (QED) is 0.634. The summed E-state index contributed by atoms with van der Waals surface area (Å²) in [5.74, 6) is 0.467. The Bertz CT molecular complexity index is 533. The van der Waals surface area contributed by atoms with Crippen molar-refractivity contribution in [3.8, 4) is 11.3 Å². The fraction of sp³-hybridized carbons (Fsp3) is 0.0909. The second-order valence-electron chi connectivity index (χ2n) is 3.30. The van der Waals surface area contributed by atoms with Crippen molar-refractivity contribution in [2.75, 3.05) is 7.11 Å². The first kappa shape index (κ1) is 11.5. The van der Waals surface area contributed by atoms with Gasteiger partial charge in [-0.1, -0.05) is 23.7 Å². The first-order valence-electron chi connectivity index (χ1n) is 4.88. The van der Waals surface area contributed by atoms with Gasteiger partial charge in [0.1, 0.15) is 0 Å². The average molecular weight is 251 g/mol. The highest BCUT2D eigenvalue weighted by Crippen LogP contribution is 2.22. The molecule has 0 radical (unpaired) electrons. The lowest BCUT2D eigenvalue weighted by atomic mass is 10.1. The number of nitrogens with one attached hydrogen (secondary N) is 1. The van der Waals surface area contributed by atoms with Crippen molar-refractivity contribution in [1.29, 1.82) is 0 Å². The Balaban J connectivity index is 2.27. The highest BCUT2D eigenvalue weighted by atomic mass is 35.5. The molecule has 5 nitrogen and oxygen atoms in total. The minimum Gasteiger partial charge on any atom is -0.468 e. The number of nitrogens with two attached hydrogens (primary N) is 1. The molecule has 0 unspecified atom stereocenters. The zero-order chi connectivity index (χ0) is 12.3. The van der Waals surface area contributed by atoms with Crippen LogP contribution in [0.2, 0.25) is 5.02 Å². The van der Waals surface area contributed by atoms with Crippen LogP contribution in [-0.2, 0) is 4.74 Å². The Labute approximate surface area is 103 Å². The molecule has 0 fully saturated rings. The number of halogens is 1. The lowest BCUT2D eigenvalue weighted by Crippen LogP contribution is -2.12. The summed E-state index contributed by atoms with van der Waals surface area (Å²) in [6.07, 6.45) is 0. The van der Waals surface area contributed by atoms with Crippen LogP contribution in [0.1, 0.15) is 0 Å². The molecule has 0 bridgehead atoms. The maximum absolute atomic E-state index is 5.81. The highest BCUT2D eigenvalue weighted by molar-refractivity contribution is 6.30. The van der Waals surface area contributed by atoms with Gasteiger partial charge in [0, 0.05) is 11.1 Å². The van der Waals surface area contributed by atoms with Crippen LogP contribution in [0.5, 0.6) is 0 Å². The Morgan fingerprint density at radius 3 is 2.76 bits per heavy atom. The first-order valence-corrected chi connectivity index (χ1v) is 5.26. The van der Waals surface area contributed by atoms with Crippen LogP contribution in [0.15, 0.2) is 35.3 Å². The Morgan fingerprint density at radius 1 is 1.41 bits per heavy atom. The van der Waals surface area contributed by atoms with Gasteiger partial charge in [-0.3, -0.25) is 5.10 Å². The summed E-state index contributed by atoms with van der Waals surface area (Å²) < 4.78 is 4.74. The van der Waals surface area contributed by atoms with E-state index in [2.05, 4.69) is 15.2 Å². The summed E-state index contributed by atoms with van der Waals surface area (Å²) in [5.41, 5.74) is 7.24. The molecule has 2 rings (SSSR count). The van der Waals surface area contributed by atoms with Crippen LogP contribution < -0.4 is 5.73 Å². The minimum absolute atomic E-state index is 0.0687. The third kappa shape index (κ3) is 2.76. The molecule has 6 heteroatoms. The van der Waals surface area contributed by atoms with Crippen LogP contribution in [-0.4, -0.2) is 23.3 Å². The number of rotatable bonds is 2. The molecule has 0 aliphatic heterocycles. The zero-order valence-corrected chi connectivity index (χ0v) is 9.90. The normalized spacial score (nSPS) is 11.5. The lowest BCUT2D eigenvalue weighted by molar-refractivity contribution is 0.397. The first-order chi connectivity index (χ1) is 8.19. The zero-order valence-electron chi connectivity index (χ0n) is 9.14. The molecule has 1 aromatic carbocycles. The molecule has 2 aromatic rings. The van der Waals surface area contributed by atoms with E-state index in [1.807, 2.05) is 24.3 Å². The second kappa shape index (κ2) is 4.88. The van der Waals surface area contributed by atoms with Crippen molar-refractivity contribution >= 4 is 23.4 Å². The number of methoxy groups -OCH3 is 1. The summed E-state index contributed by atoms with van der Waals surface area (Å²) in [4.78, 5) is 3.95. The number of hydrogen-bond donors (Lipinski definition) is 2. The van der Waals surface area contributed by atoms with Crippen LogP contribution in [0.3, 0.4) is 0 Å². The topological polar surface area (TPSA) is 76.3 Å². The third-order valence-corrected chi connectivity index (χ3v) is 2.41. The smallest absolute Gasteiger partial charge is 0.288 e. The molecular formula is C11H11ClN4O. The van der Waals surface area contributed by atoms with Gasteiger partial charge in [-0.05, 0) is 17.7 Å². The summed E-state index contributed by atoms with van der Waals surface area (Å²) in [6, 6.07) is 9.24. The SMILES string of the molecule is COC(N)=Nc1cc(-c2ccc(Cl)cc2)[nH]n1. The minimum atomic E-state index is 0.0687. The highest BCUT2D eigenvalue weighted by Gasteiger charge is 2.03. The van der Waals surface area contributed by atoms with Gasteiger partial charge in [-0.25, -0.2) is 0 Å². The van der Waals surface area contributed by atoms with Crippen molar-refractivity contribution < 1.29 is 4.74 Å². The second-order valence-corrected chi connectivity index (χ2v) is 3.74. The van der Waals surface area contributed by atoms with Crippen molar-refractivity contribution in [3.05, 3.63) is 35.4 Å². The molecule has 88 valence electrons. The molecule has 1 heterocycles. The molecule has 0 aliphatic rings. The summed E-state index contributed by atoms with van der Waals surface area (Å²) in [7, 11) is 1.45. The number of aromatic nitrogens is 2. The molecule has 0 saturated heterocycles. The number of aliphatic imine (C=N–C) groups is 1. The standard InChI is InChI=1S/C11H11ClN4O/c1-17-11(13)14-10-6-9(15-16-10)7-2-4-8(12)5-3-7/h2-6H,1H3,(H3,13,14,15,16). The van der Waals surface area contributed by atoms with E-state index in [0.717, 1.165) is 11.3 Å². The number of benzene rings is 1. The Kier molecular flexibility index (Phi) is 3.30. The van der Waals surface area contributed by atoms with E-state index < -0.39 is 0 Å². The third-order valence-electron chi connectivity index (χ3n) is 2.15. The maximum atomic E-state index is 5.81. The predicted octanol–water partition coefficient (Wildman–Crippen LogP) is 2.32. The van der Waals surface area contributed by atoms with E-state index in [-0.39, 0.29) is 6.02 Å². The van der Waals surface area contributed by atoms with Crippen LogP contribution >= 0.6 is 11.6 Å². The molecule has 0 saturated carbocycles. The van der Waals surface area contributed by atoms with Gasteiger partial charge in [-0.2, -0.15) is 10.1 Å². The summed E-state index contributed by atoms with van der Waals surface area (Å²) >= 11 is 5.81. The van der Waals surface area contributed by atoms with Crippen molar-refractivity contribution in [1.82, 2.24) is 10.2 Å². The number of amidine groups is 1. The van der Waals surface area contributed by atoms with E-state index in [4.69, 9.17) is 22.1 Å². The van der Waals surface area contributed by atoms with Crippen molar-refractivity contribution in [2.45, 2.75) is 0 Å². The van der Waals surface area contributed by atoms with E-state index in [0.29, 0.717) is 10.8 Å². The summed E-state index contributed by atoms with van der Waals surface area (Å²) in [5, 5.41) is 7.55. The molecule has 3 N–H and O–H groups in total. The van der Waals surface area contributed by atoms with Gasteiger partial charge in [-0.15, -0.1) is 0 Å². The molecular weight excluding hydrogens is 240 g/mol. The number of nitrogens with zero attached hydrogens (tertiary/aromatic N) is 2. The van der Waals surface area contributed by atoms with Gasteiger partial charge >= 0.3 is 0 Å². The summed E-state index contributed by atoms with van der Waals surface area (Å²) in [6.45, 7) is 0.